The maximum absolute atomic E-state index is 12.2. The molecular weight excluding hydrogens is 284 g/mol. The van der Waals surface area contributed by atoms with Crippen LogP contribution in [0.25, 0.3) is 0 Å². The molecule has 0 spiro atoms. The summed E-state index contributed by atoms with van der Waals surface area (Å²) in [6, 6.07) is 10.5. The highest BCUT2D eigenvalue weighted by Gasteiger charge is 2.34. The maximum atomic E-state index is 12.2. The normalized spacial score (nSPS) is 15.3. The molecule has 1 aromatic heterocycles. The fraction of sp³-hybridized carbons (Fsp3) is 0.312. The van der Waals surface area contributed by atoms with Crippen molar-refractivity contribution in [3.8, 4) is 0 Å². The van der Waals surface area contributed by atoms with Gasteiger partial charge in [0.2, 0.25) is 0 Å². The van der Waals surface area contributed by atoms with Crippen molar-refractivity contribution in [2.24, 2.45) is 5.92 Å². The first-order valence-electron chi connectivity index (χ1n) is 7.16. The standard InChI is InChI=1S/C16H16N2O4/c1-10-2-4-11(5-3-10)15(12-6-7-12)17-16(19)13-8-9-14(22-13)18(20)21/h2-5,8-9,12,15H,6-7H2,1H3,(H,17,19). The third-order valence-corrected chi connectivity index (χ3v) is 3.81. The van der Waals surface area contributed by atoms with E-state index < -0.39 is 16.7 Å². The van der Waals surface area contributed by atoms with Crippen molar-refractivity contribution in [2.75, 3.05) is 0 Å². The van der Waals surface area contributed by atoms with Gasteiger partial charge in [-0.25, -0.2) is 0 Å². The Hall–Kier alpha value is -2.63. The number of nitrogens with one attached hydrogen (secondary N) is 1. The molecule has 0 radical (unpaired) electrons. The summed E-state index contributed by atoms with van der Waals surface area (Å²) in [5.74, 6) is -0.477. The monoisotopic (exact) mass is 300 g/mol. The first-order valence-corrected chi connectivity index (χ1v) is 7.16. The van der Waals surface area contributed by atoms with E-state index in [-0.39, 0.29) is 11.8 Å². The van der Waals surface area contributed by atoms with Gasteiger partial charge in [-0.3, -0.25) is 14.9 Å². The lowest BCUT2D eigenvalue weighted by atomic mass is 10.0. The molecule has 3 rings (SSSR count). The fourth-order valence-electron chi connectivity index (χ4n) is 2.44. The molecule has 1 aliphatic carbocycles. The topological polar surface area (TPSA) is 85.4 Å². The third kappa shape index (κ3) is 3.00. The number of hydrogen-bond donors (Lipinski definition) is 1. The first-order chi connectivity index (χ1) is 10.5. The van der Waals surface area contributed by atoms with Crippen molar-refractivity contribution in [1.29, 1.82) is 0 Å². The second-order valence-electron chi connectivity index (χ2n) is 5.59. The van der Waals surface area contributed by atoms with E-state index in [1.54, 1.807) is 0 Å². The summed E-state index contributed by atoms with van der Waals surface area (Å²) in [4.78, 5) is 22.2. The van der Waals surface area contributed by atoms with Gasteiger partial charge in [0.25, 0.3) is 5.91 Å². The molecule has 1 atom stereocenters. The molecule has 1 saturated carbocycles. The summed E-state index contributed by atoms with van der Waals surface area (Å²) >= 11 is 0. The van der Waals surface area contributed by atoms with Crippen LogP contribution in [0.5, 0.6) is 0 Å². The molecule has 2 aromatic rings. The van der Waals surface area contributed by atoms with E-state index in [2.05, 4.69) is 5.32 Å². The first kappa shape index (κ1) is 14.3. The van der Waals surface area contributed by atoms with E-state index in [0.717, 1.165) is 24.0 Å². The molecule has 0 saturated heterocycles. The summed E-state index contributed by atoms with van der Waals surface area (Å²) in [5, 5.41) is 13.5. The Labute approximate surface area is 127 Å². The number of aryl methyl sites for hydroxylation is 1. The Kier molecular flexibility index (Phi) is 3.66. The minimum Gasteiger partial charge on any atom is -0.395 e. The highest BCUT2D eigenvalue weighted by Crippen LogP contribution is 2.41. The zero-order valence-corrected chi connectivity index (χ0v) is 12.1. The lowest BCUT2D eigenvalue weighted by Gasteiger charge is -2.18. The molecule has 1 amide bonds. The number of amides is 1. The van der Waals surface area contributed by atoms with Gasteiger partial charge < -0.3 is 9.73 Å². The minimum atomic E-state index is -0.658. The van der Waals surface area contributed by atoms with Gasteiger partial charge in [-0.2, -0.15) is 0 Å². The van der Waals surface area contributed by atoms with Crippen molar-refractivity contribution in [3.63, 3.8) is 0 Å². The van der Waals surface area contributed by atoms with Gasteiger partial charge >= 0.3 is 5.88 Å². The number of rotatable bonds is 5. The van der Waals surface area contributed by atoms with E-state index in [9.17, 15) is 14.9 Å². The Bertz CT molecular complexity index is 701. The van der Waals surface area contributed by atoms with Gasteiger partial charge in [-0.1, -0.05) is 29.8 Å². The van der Waals surface area contributed by atoms with E-state index in [4.69, 9.17) is 4.42 Å². The smallest absolute Gasteiger partial charge is 0.395 e. The number of carbonyl (C=O) groups excluding carboxylic acids is 1. The van der Waals surface area contributed by atoms with Crippen LogP contribution in [0.1, 0.15) is 40.6 Å². The van der Waals surface area contributed by atoms with Crippen molar-refractivity contribution < 1.29 is 14.1 Å². The van der Waals surface area contributed by atoms with Crippen LogP contribution in [0.2, 0.25) is 0 Å². The molecule has 6 heteroatoms. The van der Waals surface area contributed by atoms with Gasteiger partial charge in [0.1, 0.15) is 4.92 Å². The lowest BCUT2D eigenvalue weighted by Crippen LogP contribution is -2.29. The van der Waals surface area contributed by atoms with Crippen LogP contribution in [0.3, 0.4) is 0 Å². The number of benzene rings is 1. The van der Waals surface area contributed by atoms with Crippen molar-refractivity contribution in [2.45, 2.75) is 25.8 Å². The molecule has 1 aromatic carbocycles. The number of hydrogen-bond acceptors (Lipinski definition) is 4. The van der Waals surface area contributed by atoms with E-state index in [1.807, 2.05) is 31.2 Å². The minimum absolute atomic E-state index is 0.0375. The zero-order chi connectivity index (χ0) is 15.7. The van der Waals surface area contributed by atoms with Crippen molar-refractivity contribution >= 4 is 11.8 Å². The number of nitro groups is 1. The summed E-state index contributed by atoms with van der Waals surface area (Å²) < 4.78 is 4.95. The Morgan fingerprint density at radius 3 is 2.50 bits per heavy atom. The van der Waals surface area contributed by atoms with Gasteiger partial charge in [-0.15, -0.1) is 0 Å². The van der Waals surface area contributed by atoms with Crippen LogP contribution >= 0.6 is 0 Å². The SMILES string of the molecule is Cc1ccc(C(NC(=O)c2ccc([N+](=O)[O-])o2)C2CC2)cc1. The molecule has 1 heterocycles. The highest BCUT2D eigenvalue weighted by atomic mass is 16.6. The van der Waals surface area contributed by atoms with Crippen molar-refractivity contribution in [1.82, 2.24) is 5.32 Å². The fourth-order valence-corrected chi connectivity index (χ4v) is 2.44. The molecule has 114 valence electrons. The predicted molar refractivity (Wildman–Crippen MR) is 79.5 cm³/mol. The van der Waals surface area contributed by atoms with Crippen molar-refractivity contribution in [3.05, 3.63) is 63.4 Å². The van der Waals surface area contributed by atoms with Gasteiger partial charge in [-0.05, 0) is 37.3 Å². The van der Waals surface area contributed by atoms with Gasteiger partial charge in [0.15, 0.2) is 5.76 Å². The molecule has 1 aliphatic rings. The third-order valence-electron chi connectivity index (χ3n) is 3.81. The number of nitrogens with zero attached hydrogens (tertiary/aromatic N) is 1. The second kappa shape index (κ2) is 5.63. The van der Waals surface area contributed by atoms with Gasteiger partial charge in [0, 0.05) is 0 Å². The molecule has 1 fully saturated rings. The average molecular weight is 300 g/mol. The second-order valence-corrected chi connectivity index (χ2v) is 5.59. The molecule has 1 N–H and O–H groups in total. The van der Waals surface area contributed by atoms with Crippen LogP contribution in [0.4, 0.5) is 5.88 Å². The summed E-state index contributed by atoms with van der Waals surface area (Å²) in [6.45, 7) is 2.01. The number of furan rings is 1. The van der Waals surface area contributed by atoms with Crippen LogP contribution in [-0.4, -0.2) is 10.8 Å². The van der Waals surface area contributed by atoms with Crippen LogP contribution in [0.15, 0.2) is 40.8 Å². The van der Waals surface area contributed by atoms with Gasteiger partial charge in [0.05, 0.1) is 12.1 Å². The largest absolute Gasteiger partial charge is 0.433 e. The molecule has 22 heavy (non-hydrogen) atoms. The Balaban J connectivity index is 1.77. The van der Waals surface area contributed by atoms with E-state index in [1.165, 1.54) is 12.1 Å². The highest BCUT2D eigenvalue weighted by molar-refractivity contribution is 5.92. The zero-order valence-electron chi connectivity index (χ0n) is 12.1. The predicted octanol–water partition coefficient (Wildman–Crippen LogP) is 3.38. The lowest BCUT2D eigenvalue weighted by molar-refractivity contribution is -0.402. The summed E-state index contributed by atoms with van der Waals surface area (Å²) in [7, 11) is 0. The number of carbonyl (C=O) groups is 1. The molecule has 0 bridgehead atoms. The molecule has 6 nitrogen and oxygen atoms in total. The maximum Gasteiger partial charge on any atom is 0.433 e. The average Bonchev–Trinajstić information content (AvgIpc) is 3.20. The Morgan fingerprint density at radius 2 is 1.95 bits per heavy atom. The van der Waals surface area contributed by atoms with E-state index >= 15 is 0 Å². The van der Waals surface area contributed by atoms with E-state index in [0.29, 0.717) is 5.92 Å². The van der Waals surface area contributed by atoms with Crippen LogP contribution < -0.4 is 5.32 Å². The quantitative estimate of drug-likeness (QED) is 0.677. The van der Waals surface area contributed by atoms with Crippen LogP contribution in [0, 0.1) is 23.0 Å². The summed E-state index contributed by atoms with van der Waals surface area (Å²) in [5.41, 5.74) is 2.20. The molecule has 1 unspecified atom stereocenters. The summed E-state index contributed by atoms with van der Waals surface area (Å²) in [6.07, 6.45) is 2.13. The van der Waals surface area contributed by atoms with Crippen LogP contribution in [-0.2, 0) is 0 Å². The molecular formula is C16H16N2O4. The Morgan fingerprint density at radius 1 is 1.27 bits per heavy atom. The molecule has 0 aliphatic heterocycles.